The largest absolute Gasteiger partial charge is 0.378 e. The number of nitrogens with one attached hydrogen (secondary N) is 1. The van der Waals surface area contributed by atoms with Crippen molar-refractivity contribution in [3.05, 3.63) is 35.9 Å². The van der Waals surface area contributed by atoms with Crippen LogP contribution in [0, 0.1) is 0 Å². The van der Waals surface area contributed by atoms with Gasteiger partial charge in [-0.1, -0.05) is 30.3 Å². The predicted octanol–water partition coefficient (Wildman–Crippen LogP) is 2.23. The van der Waals surface area contributed by atoms with Crippen LogP contribution in [-0.2, 0) is 14.8 Å². The van der Waals surface area contributed by atoms with Crippen LogP contribution < -0.4 is 4.72 Å². The van der Waals surface area contributed by atoms with Crippen molar-refractivity contribution >= 4 is 10.0 Å². The van der Waals surface area contributed by atoms with Gasteiger partial charge in [-0.25, -0.2) is 13.1 Å². The van der Waals surface area contributed by atoms with Crippen LogP contribution in [0.25, 0.3) is 0 Å². The quantitative estimate of drug-likeness (QED) is 0.922. The van der Waals surface area contributed by atoms with E-state index in [9.17, 15) is 8.42 Å². The van der Waals surface area contributed by atoms with Crippen LogP contribution in [-0.4, -0.2) is 26.4 Å². The first kappa shape index (κ1) is 14.5. The van der Waals surface area contributed by atoms with E-state index in [1.165, 1.54) is 0 Å². The van der Waals surface area contributed by atoms with Crippen LogP contribution in [0.1, 0.15) is 38.3 Å². The first-order chi connectivity index (χ1) is 8.99. The van der Waals surface area contributed by atoms with Gasteiger partial charge in [0.05, 0.1) is 11.4 Å². The molecule has 0 spiro atoms. The molecule has 0 radical (unpaired) electrons. The van der Waals surface area contributed by atoms with Crippen LogP contribution >= 0.6 is 0 Å². The fourth-order valence-corrected chi connectivity index (χ4v) is 4.14. The smallest absolute Gasteiger partial charge is 0.215 e. The van der Waals surface area contributed by atoms with E-state index in [4.69, 9.17) is 4.74 Å². The van der Waals surface area contributed by atoms with Crippen molar-refractivity contribution in [2.75, 3.05) is 6.61 Å². The summed E-state index contributed by atoms with van der Waals surface area (Å²) in [5.74, 6) is 0. The van der Waals surface area contributed by atoms with Crippen molar-refractivity contribution in [2.45, 2.75) is 44.1 Å². The second kappa shape index (κ2) is 6.03. The Morgan fingerprint density at radius 1 is 1.32 bits per heavy atom. The monoisotopic (exact) mass is 283 g/mol. The Labute approximate surface area is 115 Å². The van der Waals surface area contributed by atoms with E-state index >= 15 is 0 Å². The Bertz CT molecular complexity index is 501. The minimum Gasteiger partial charge on any atom is -0.378 e. The van der Waals surface area contributed by atoms with Crippen LogP contribution in [0.15, 0.2) is 30.3 Å². The summed E-state index contributed by atoms with van der Waals surface area (Å²) in [4.78, 5) is 0. The fourth-order valence-electron chi connectivity index (χ4n) is 2.39. The molecule has 1 N–H and O–H groups in total. The first-order valence-corrected chi connectivity index (χ1v) is 8.21. The van der Waals surface area contributed by atoms with E-state index in [0.717, 1.165) is 5.56 Å². The maximum atomic E-state index is 12.3. The molecule has 1 aliphatic heterocycles. The van der Waals surface area contributed by atoms with Crippen LogP contribution in [0.5, 0.6) is 0 Å². The molecule has 106 valence electrons. The van der Waals surface area contributed by atoms with Crippen molar-refractivity contribution in [1.82, 2.24) is 4.72 Å². The summed E-state index contributed by atoms with van der Waals surface area (Å²) >= 11 is 0. The number of rotatable bonds is 4. The molecule has 1 aliphatic rings. The second-order valence-corrected chi connectivity index (χ2v) is 7.12. The lowest BCUT2D eigenvalue weighted by molar-refractivity contribution is 0.0299. The molecule has 19 heavy (non-hydrogen) atoms. The molecule has 3 atom stereocenters. The summed E-state index contributed by atoms with van der Waals surface area (Å²) in [6, 6.07) is 9.40. The molecule has 0 aliphatic carbocycles. The minimum atomic E-state index is -3.29. The fraction of sp³-hybridized carbons (Fsp3) is 0.571. The van der Waals surface area contributed by atoms with Crippen LogP contribution in [0.2, 0.25) is 0 Å². The Hall–Kier alpha value is -0.910. The third-order valence-electron chi connectivity index (χ3n) is 3.52. The molecule has 1 fully saturated rings. The molecule has 4 nitrogen and oxygen atoms in total. The summed E-state index contributed by atoms with van der Waals surface area (Å²) in [5, 5.41) is -0.345. The van der Waals surface area contributed by atoms with Gasteiger partial charge in [-0.2, -0.15) is 0 Å². The van der Waals surface area contributed by atoms with Gasteiger partial charge in [-0.15, -0.1) is 0 Å². The molecule has 1 aromatic rings. The summed E-state index contributed by atoms with van der Waals surface area (Å²) in [5.41, 5.74) is 0.978. The zero-order valence-corrected chi connectivity index (χ0v) is 12.2. The maximum absolute atomic E-state index is 12.3. The number of hydrogen-bond acceptors (Lipinski definition) is 3. The first-order valence-electron chi connectivity index (χ1n) is 6.67. The maximum Gasteiger partial charge on any atom is 0.215 e. The Morgan fingerprint density at radius 2 is 2.00 bits per heavy atom. The third kappa shape index (κ3) is 3.78. The Morgan fingerprint density at radius 3 is 2.63 bits per heavy atom. The van der Waals surface area contributed by atoms with Crippen molar-refractivity contribution in [3.8, 4) is 0 Å². The third-order valence-corrected chi connectivity index (χ3v) is 5.50. The molecule has 1 aromatic carbocycles. The SMILES string of the molecule is C[C@@H]1C[C@@H](S(=O)(=O)N[C@@H](C)c2ccccc2)CCO1. The topological polar surface area (TPSA) is 55.4 Å². The van der Waals surface area contributed by atoms with E-state index in [2.05, 4.69) is 4.72 Å². The molecule has 1 heterocycles. The normalized spacial score (nSPS) is 26.0. The zero-order valence-electron chi connectivity index (χ0n) is 11.4. The van der Waals surface area contributed by atoms with E-state index in [1.807, 2.05) is 44.2 Å². The van der Waals surface area contributed by atoms with Gasteiger partial charge in [0.25, 0.3) is 0 Å². The summed E-state index contributed by atoms with van der Waals surface area (Å²) in [6.45, 7) is 4.31. The van der Waals surface area contributed by atoms with Gasteiger partial charge >= 0.3 is 0 Å². The van der Waals surface area contributed by atoms with E-state index in [-0.39, 0.29) is 17.4 Å². The standard InChI is InChI=1S/C14H21NO3S/c1-11-10-14(8-9-18-11)19(16,17)15-12(2)13-6-4-3-5-7-13/h3-7,11-12,14-15H,8-10H2,1-2H3/t11-,12+,14+/m1/s1. The van der Waals surface area contributed by atoms with E-state index < -0.39 is 10.0 Å². The highest BCUT2D eigenvalue weighted by atomic mass is 32.2. The molecular formula is C14H21NO3S. The Balaban J connectivity index is 2.04. The summed E-state index contributed by atoms with van der Waals surface area (Å²) in [7, 11) is -3.29. The number of hydrogen-bond donors (Lipinski definition) is 1. The highest BCUT2D eigenvalue weighted by molar-refractivity contribution is 7.90. The zero-order chi connectivity index (χ0) is 13.9. The van der Waals surface area contributed by atoms with Gasteiger partial charge in [0.2, 0.25) is 10.0 Å². The van der Waals surface area contributed by atoms with Gasteiger partial charge in [0.15, 0.2) is 0 Å². The lowest BCUT2D eigenvalue weighted by Crippen LogP contribution is -2.41. The predicted molar refractivity (Wildman–Crippen MR) is 75.3 cm³/mol. The van der Waals surface area contributed by atoms with Gasteiger partial charge in [-0.05, 0) is 32.3 Å². The molecule has 2 rings (SSSR count). The highest BCUT2D eigenvalue weighted by Gasteiger charge is 2.31. The average molecular weight is 283 g/mol. The van der Waals surface area contributed by atoms with Gasteiger partial charge < -0.3 is 4.74 Å². The summed E-state index contributed by atoms with van der Waals surface area (Å²) in [6.07, 6.45) is 1.15. The van der Waals surface area contributed by atoms with Crippen molar-refractivity contribution in [2.24, 2.45) is 0 Å². The number of sulfonamides is 1. The minimum absolute atomic E-state index is 0.0161. The molecule has 0 aromatic heterocycles. The molecule has 5 heteroatoms. The molecule has 0 bridgehead atoms. The number of ether oxygens (including phenoxy) is 1. The van der Waals surface area contributed by atoms with Gasteiger partial charge in [-0.3, -0.25) is 0 Å². The van der Waals surface area contributed by atoms with Crippen molar-refractivity contribution in [3.63, 3.8) is 0 Å². The van der Waals surface area contributed by atoms with E-state index in [0.29, 0.717) is 19.4 Å². The van der Waals surface area contributed by atoms with Gasteiger partial charge in [0.1, 0.15) is 0 Å². The molecule has 0 unspecified atom stereocenters. The van der Waals surface area contributed by atoms with Crippen LogP contribution in [0.3, 0.4) is 0 Å². The van der Waals surface area contributed by atoms with Crippen LogP contribution in [0.4, 0.5) is 0 Å². The van der Waals surface area contributed by atoms with Gasteiger partial charge in [0, 0.05) is 12.6 Å². The lowest BCUT2D eigenvalue weighted by Gasteiger charge is -2.28. The molecule has 1 saturated heterocycles. The van der Waals surface area contributed by atoms with E-state index in [1.54, 1.807) is 0 Å². The van der Waals surface area contributed by atoms with Crippen molar-refractivity contribution in [1.29, 1.82) is 0 Å². The summed E-state index contributed by atoms with van der Waals surface area (Å²) < 4.78 is 32.9. The second-order valence-electron chi connectivity index (χ2n) is 5.12. The lowest BCUT2D eigenvalue weighted by atomic mass is 10.1. The Kier molecular flexibility index (Phi) is 4.60. The molecular weight excluding hydrogens is 262 g/mol. The van der Waals surface area contributed by atoms with Crippen molar-refractivity contribution < 1.29 is 13.2 Å². The number of benzene rings is 1. The highest BCUT2D eigenvalue weighted by Crippen LogP contribution is 2.22. The molecule has 0 amide bonds. The average Bonchev–Trinajstić information content (AvgIpc) is 2.39. The molecule has 0 saturated carbocycles.